The van der Waals surface area contributed by atoms with Gasteiger partial charge in [-0.2, -0.15) is 0 Å². The van der Waals surface area contributed by atoms with E-state index in [1.807, 2.05) is 66.4 Å². The molecule has 2 aliphatic heterocycles. The average molecular weight is 474 g/mol. The van der Waals surface area contributed by atoms with Gasteiger partial charge in [-0.15, -0.1) is 0 Å². The lowest BCUT2D eigenvalue weighted by atomic mass is 9.79. The fourth-order valence-corrected chi connectivity index (χ4v) is 5.46. The molecule has 2 aliphatic rings. The van der Waals surface area contributed by atoms with E-state index in [-0.39, 0.29) is 10.8 Å². The number of hydrogen-bond acceptors (Lipinski definition) is 6. The number of likely N-dealkylation sites (N-methyl/N-ethyl adjacent to an activating group) is 1. The number of fused-ring (bicyclic) bond motifs is 2. The molecule has 3 aromatic carbocycles. The zero-order valence-corrected chi connectivity index (χ0v) is 19.6. The summed E-state index contributed by atoms with van der Waals surface area (Å²) in [7, 11) is 1.78. The number of ether oxygens (including phenoxy) is 2. The Bertz CT molecular complexity index is 1260. The first-order valence-electron chi connectivity index (χ1n) is 11.7. The molecule has 35 heavy (non-hydrogen) atoms. The van der Waals surface area contributed by atoms with E-state index in [0.717, 1.165) is 11.1 Å². The van der Waals surface area contributed by atoms with E-state index in [1.54, 1.807) is 25.2 Å². The van der Waals surface area contributed by atoms with E-state index in [1.165, 1.54) is 0 Å². The zero-order chi connectivity index (χ0) is 24.6. The molecule has 180 valence electrons. The van der Waals surface area contributed by atoms with Crippen LogP contribution in [0.25, 0.3) is 0 Å². The quantitative estimate of drug-likeness (QED) is 0.409. The Hall–Kier alpha value is -3.91. The summed E-state index contributed by atoms with van der Waals surface area (Å²) in [6, 6.07) is 21.3. The number of para-hydroxylation sites is 1. The second kappa shape index (κ2) is 9.03. The van der Waals surface area contributed by atoms with E-state index >= 15 is 0 Å². The van der Waals surface area contributed by atoms with Crippen molar-refractivity contribution in [1.82, 2.24) is 4.90 Å². The highest BCUT2D eigenvalue weighted by atomic mass is 16.6. The van der Waals surface area contributed by atoms with E-state index in [0.29, 0.717) is 42.5 Å². The van der Waals surface area contributed by atoms with Crippen molar-refractivity contribution >= 4 is 11.6 Å². The first-order chi connectivity index (χ1) is 17.0. The topological polar surface area (TPSA) is 93.9 Å². The molecule has 8 nitrogen and oxygen atoms in total. The lowest BCUT2D eigenvalue weighted by Gasteiger charge is -2.30. The summed E-state index contributed by atoms with van der Waals surface area (Å²) in [6.45, 7) is 3.03. The summed E-state index contributed by atoms with van der Waals surface area (Å²) in [6.07, 6.45) is 0. The summed E-state index contributed by atoms with van der Waals surface area (Å²) >= 11 is 0. The predicted molar refractivity (Wildman–Crippen MR) is 131 cm³/mol. The summed E-state index contributed by atoms with van der Waals surface area (Å²) < 4.78 is 11.9. The van der Waals surface area contributed by atoms with Crippen LogP contribution in [0.2, 0.25) is 0 Å². The van der Waals surface area contributed by atoms with Gasteiger partial charge >= 0.3 is 0 Å². The predicted octanol–water partition coefficient (Wildman–Crippen LogP) is 4.19. The van der Waals surface area contributed by atoms with Crippen LogP contribution in [0.5, 0.6) is 11.5 Å². The first kappa shape index (κ1) is 22.9. The van der Waals surface area contributed by atoms with Crippen molar-refractivity contribution in [3.05, 3.63) is 99.6 Å². The van der Waals surface area contributed by atoms with Gasteiger partial charge in [0, 0.05) is 22.7 Å². The molecule has 0 saturated carbocycles. The molecule has 1 spiro atoms. The van der Waals surface area contributed by atoms with Gasteiger partial charge in [0.05, 0.1) is 12.5 Å². The molecule has 0 radical (unpaired) electrons. The van der Waals surface area contributed by atoms with Crippen LogP contribution >= 0.6 is 0 Å². The molecule has 1 fully saturated rings. The number of nitrogens with one attached hydrogen (secondary N) is 1. The van der Waals surface area contributed by atoms with Gasteiger partial charge in [-0.3, -0.25) is 19.8 Å². The highest BCUT2D eigenvalue weighted by Gasteiger charge is 2.68. The molecule has 0 unspecified atom stereocenters. The highest BCUT2D eigenvalue weighted by molar-refractivity contribution is 6.06. The van der Waals surface area contributed by atoms with Crippen molar-refractivity contribution < 1.29 is 19.2 Å². The Balaban J connectivity index is 1.51. The van der Waals surface area contributed by atoms with Gasteiger partial charge in [-0.05, 0) is 43.3 Å². The minimum Gasteiger partial charge on any atom is -0.490 e. The Kier molecular flexibility index (Phi) is 5.90. The highest BCUT2D eigenvalue weighted by Crippen LogP contribution is 2.52. The van der Waals surface area contributed by atoms with Crippen LogP contribution in [0.4, 0.5) is 5.69 Å². The second-order valence-corrected chi connectivity index (χ2v) is 8.90. The minimum atomic E-state index is -1.38. The summed E-state index contributed by atoms with van der Waals surface area (Å²) in [5, 5.41) is 15.4. The summed E-state index contributed by atoms with van der Waals surface area (Å²) in [5.74, 6) is 0.220. The molecule has 1 saturated heterocycles. The van der Waals surface area contributed by atoms with Crippen molar-refractivity contribution in [3.8, 4) is 11.5 Å². The fourth-order valence-electron chi connectivity index (χ4n) is 5.46. The van der Waals surface area contributed by atoms with Crippen molar-refractivity contribution in [3.63, 3.8) is 0 Å². The lowest BCUT2D eigenvalue weighted by Crippen LogP contribution is -2.54. The molecule has 2 heterocycles. The van der Waals surface area contributed by atoms with Gasteiger partial charge in [0.15, 0.2) is 17.0 Å². The molecule has 3 aromatic rings. The molecular weight excluding hydrogens is 446 g/mol. The van der Waals surface area contributed by atoms with Gasteiger partial charge in [0.1, 0.15) is 6.61 Å². The normalized spacial score (nSPS) is 23.2. The lowest BCUT2D eigenvalue weighted by molar-refractivity contribution is -0.534. The van der Waals surface area contributed by atoms with Crippen LogP contribution in [-0.2, 0) is 16.9 Å². The van der Waals surface area contributed by atoms with Crippen LogP contribution in [0.1, 0.15) is 29.5 Å². The number of likely N-dealkylation sites (tertiary alicyclic amines) is 1. The number of rotatable bonds is 7. The molecule has 3 atom stereocenters. The van der Waals surface area contributed by atoms with Crippen molar-refractivity contribution in [1.29, 1.82) is 0 Å². The first-order valence-corrected chi connectivity index (χ1v) is 11.7. The number of amides is 1. The van der Waals surface area contributed by atoms with Gasteiger partial charge in [-0.1, -0.05) is 54.6 Å². The van der Waals surface area contributed by atoms with Crippen LogP contribution in [0.3, 0.4) is 0 Å². The molecule has 0 bridgehead atoms. The Labute approximate surface area is 203 Å². The third-order valence-corrected chi connectivity index (χ3v) is 6.97. The van der Waals surface area contributed by atoms with Crippen molar-refractivity contribution in [2.75, 3.05) is 25.5 Å². The van der Waals surface area contributed by atoms with Crippen LogP contribution in [0.15, 0.2) is 72.8 Å². The monoisotopic (exact) mass is 473 g/mol. The Morgan fingerprint density at radius 2 is 1.80 bits per heavy atom. The third-order valence-electron chi connectivity index (χ3n) is 6.97. The minimum absolute atomic E-state index is 0.310. The van der Waals surface area contributed by atoms with E-state index < -0.39 is 17.5 Å². The second-order valence-electron chi connectivity index (χ2n) is 8.90. The third kappa shape index (κ3) is 3.70. The number of anilines is 1. The number of benzene rings is 3. The maximum atomic E-state index is 13.3. The van der Waals surface area contributed by atoms with E-state index in [4.69, 9.17) is 9.47 Å². The zero-order valence-electron chi connectivity index (χ0n) is 19.6. The molecule has 0 aliphatic carbocycles. The number of nitro groups is 1. The molecular formula is C27H27N3O5. The standard InChI is InChI=1S/C27H27N3O5/c1-3-34-24-15-19(13-14-23(24)35-17-18-9-5-4-6-10-18)20-16-29(2)27(25(20)30(32)33)21-11-7-8-12-22(21)28-26(27)31/h4-15,20,25H,3,16-17H2,1-2H3,(H,28,31)/t20-,25-,27+/m0/s1. The van der Waals surface area contributed by atoms with Gasteiger partial charge in [-0.25, -0.2) is 0 Å². The molecule has 0 aromatic heterocycles. The van der Waals surface area contributed by atoms with Gasteiger partial charge in [0.2, 0.25) is 0 Å². The Morgan fingerprint density at radius 1 is 1.06 bits per heavy atom. The number of carbonyl (C=O) groups excluding carboxylic acids is 1. The average Bonchev–Trinajstić information content (AvgIpc) is 3.34. The maximum Gasteiger partial charge on any atom is 0.256 e. The fraction of sp³-hybridized carbons (Fsp3) is 0.296. The molecule has 8 heteroatoms. The number of hydrogen-bond donors (Lipinski definition) is 1. The largest absolute Gasteiger partial charge is 0.490 e. The maximum absolute atomic E-state index is 13.3. The molecule has 5 rings (SSSR count). The van der Waals surface area contributed by atoms with Crippen LogP contribution < -0.4 is 14.8 Å². The summed E-state index contributed by atoms with van der Waals surface area (Å²) in [5.41, 5.74) is 1.65. The van der Waals surface area contributed by atoms with E-state index in [2.05, 4.69) is 5.32 Å². The number of carbonyl (C=O) groups is 1. The van der Waals surface area contributed by atoms with Gasteiger partial charge in [0.25, 0.3) is 11.9 Å². The Morgan fingerprint density at radius 3 is 2.54 bits per heavy atom. The van der Waals surface area contributed by atoms with Crippen molar-refractivity contribution in [2.45, 2.75) is 31.0 Å². The van der Waals surface area contributed by atoms with Crippen molar-refractivity contribution in [2.24, 2.45) is 0 Å². The smallest absolute Gasteiger partial charge is 0.256 e. The van der Waals surface area contributed by atoms with Crippen LogP contribution in [-0.4, -0.2) is 42.0 Å². The molecule has 1 amide bonds. The molecule has 1 N–H and O–H groups in total. The SMILES string of the molecule is CCOc1cc([C@@H]2CN(C)[C@@]3(C(=O)Nc4ccccc43)[C@H]2[N+](=O)[O-])ccc1OCc1ccccc1. The summed E-state index contributed by atoms with van der Waals surface area (Å²) in [4.78, 5) is 27.3. The van der Waals surface area contributed by atoms with Gasteiger partial charge < -0.3 is 14.8 Å². The van der Waals surface area contributed by atoms with Crippen LogP contribution in [0, 0.1) is 10.1 Å². The number of nitrogens with zero attached hydrogens (tertiary/aromatic N) is 2. The van der Waals surface area contributed by atoms with E-state index in [9.17, 15) is 14.9 Å².